The molecule has 2 N–H and O–H groups in total. The van der Waals surface area contributed by atoms with Crippen LogP contribution in [0.4, 0.5) is 10.1 Å². The minimum absolute atomic E-state index is 0.0718. The van der Waals surface area contributed by atoms with Crippen LogP contribution in [-0.4, -0.2) is 31.1 Å². The fourth-order valence-electron chi connectivity index (χ4n) is 5.30. The lowest BCUT2D eigenvalue weighted by Gasteiger charge is -2.43. The minimum atomic E-state index is -0.538. The van der Waals surface area contributed by atoms with Crippen LogP contribution in [0.15, 0.2) is 41.8 Å². The molecule has 0 bridgehead atoms. The maximum Gasteiger partial charge on any atom is 0.317 e. The molecule has 1 amide bonds. The van der Waals surface area contributed by atoms with E-state index in [1.165, 1.54) is 12.1 Å². The Kier molecular flexibility index (Phi) is 8.59. The van der Waals surface area contributed by atoms with Gasteiger partial charge in [-0.2, -0.15) is 0 Å². The molecule has 7 heteroatoms. The first kappa shape index (κ1) is 25.4. The molecule has 4 rings (SSSR count). The molecular formula is C28H33FN2O3S. The van der Waals surface area contributed by atoms with Gasteiger partial charge in [0.25, 0.3) is 0 Å². The average Bonchev–Trinajstić information content (AvgIpc) is 3.26. The first-order valence-corrected chi connectivity index (χ1v) is 13.4. The van der Waals surface area contributed by atoms with Crippen LogP contribution < -0.4 is 10.6 Å². The van der Waals surface area contributed by atoms with E-state index in [4.69, 9.17) is 11.2 Å². The van der Waals surface area contributed by atoms with Crippen molar-refractivity contribution >= 4 is 28.9 Å². The summed E-state index contributed by atoms with van der Waals surface area (Å²) < 4.78 is 19.4. The van der Waals surface area contributed by atoms with Crippen LogP contribution >= 0.6 is 11.3 Å². The zero-order valence-corrected chi connectivity index (χ0v) is 20.7. The second-order valence-electron chi connectivity index (χ2n) is 9.61. The topological polar surface area (TPSA) is 67.4 Å². The maximum atomic E-state index is 13.6. The highest BCUT2D eigenvalue weighted by atomic mass is 32.1. The zero-order valence-electron chi connectivity index (χ0n) is 19.9. The van der Waals surface area contributed by atoms with Crippen molar-refractivity contribution in [2.45, 2.75) is 62.9 Å². The number of amides is 1. The van der Waals surface area contributed by atoms with E-state index >= 15 is 0 Å². The fourth-order valence-corrected chi connectivity index (χ4v) is 6.28. The standard InChI is InChI=1S/C28H33FN2O3S/c1-2-20-17-24(23(20)12-15-30-19-26(32)31-22-10-7-9-21(29)18-22)34-27(33)28(25-11-8-16-35-25)13-5-3-4-6-14-28/h1,7-11,16,18,20,23-24,30H,3-6,12-15,17,19H2,(H,31,32). The number of hydrogen-bond acceptors (Lipinski definition) is 5. The van der Waals surface area contributed by atoms with E-state index in [1.807, 2.05) is 11.4 Å². The molecule has 2 fully saturated rings. The Morgan fingerprint density at radius 3 is 2.66 bits per heavy atom. The van der Waals surface area contributed by atoms with Crippen LogP contribution in [0.2, 0.25) is 0 Å². The number of thiophene rings is 1. The van der Waals surface area contributed by atoms with Crippen LogP contribution in [0, 0.1) is 30.0 Å². The number of benzene rings is 1. The van der Waals surface area contributed by atoms with E-state index in [2.05, 4.69) is 22.6 Å². The lowest BCUT2D eigenvalue weighted by molar-refractivity contribution is -0.169. The van der Waals surface area contributed by atoms with Gasteiger partial charge in [0.15, 0.2) is 0 Å². The highest BCUT2D eigenvalue weighted by Crippen LogP contribution is 2.45. The van der Waals surface area contributed by atoms with Crippen molar-refractivity contribution < 1.29 is 18.7 Å². The molecule has 2 aromatic rings. The largest absolute Gasteiger partial charge is 0.461 e. The van der Waals surface area contributed by atoms with Gasteiger partial charge in [0.1, 0.15) is 17.3 Å². The highest BCUT2D eigenvalue weighted by Gasteiger charge is 2.48. The summed E-state index contributed by atoms with van der Waals surface area (Å²) in [5.74, 6) is 2.24. The maximum absolute atomic E-state index is 13.6. The number of rotatable bonds is 9. The van der Waals surface area contributed by atoms with Gasteiger partial charge in [0.2, 0.25) is 5.91 Å². The van der Waals surface area contributed by atoms with Crippen LogP contribution in [0.5, 0.6) is 0 Å². The second kappa shape index (κ2) is 11.8. The van der Waals surface area contributed by atoms with Crippen molar-refractivity contribution in [3.8, 4) is 12.3 Å². The summed E-state index contributed by atoms with van der Waals surface area (Å²) in [4.78, 5) is 26.8. The first-order valence-electron chi connectivity index (χ1n) is 12.5. The molecule has 186 valence electrons. The molecule has 1 heterocycles. The van der Waals surface area contributed by atoms with Crippen molar-refractivity contribution in [2.24, 2.45) is 11.8 Å². The number of esters is 1. The number of nitrogens with one attached hydrogen (secondary N) is 2. The molecule has 5 nitrogen and oxygen atoms in total. The number of terminal acetylenes is 1. The number of ether oxygens (including phenoxy) is 1. The predicted molar refractivity (Wildman–Crippen MR) is 137 cm³/mol. The van der Waals surface area contributed by atoms with Gasteiger partial charge in [-0.3, -0.25) is 9.59 Å². The van der Waals surface area contributed by atoms with Crippen molar-refractivity contribution in [2.75, 3.05) is 18.4 Å². The van der Waals surface area contributed by atoms with Gasteiger partial charge in [-0.15, -0.1) is 23.7 Å². The predicted octanol–water partition coefficient (Wildman–Crippen LogP) is 5.28. The van der Waals surface area contributed by atoms with E-state index in [-0.39, 0.29) is 36.4 Å². The molecule has 3 unspecified atom stereocenters. The van der Waals surface area contributed by atoms with Crippen LogP contribution in [0.25, 0.3) is 0 Å². The summed E-state index contributed by atoms with van der Waals surface area (Å²) in [5, 5.41) is 7.83. The number of anilines is 1. The number of carbonyl (C=O) groups excluding carboxylic acids is 2. The number of halogens is 1. The molecule has 2 aliphatic carbocycles. The number of carbonyl (C=O) groups is 2. The van der Waals surface area contributed by atoms with Crippen LogP contribution in [0.3, 0.4) is 0 Å². The minimum Gasteiger partial charge on any atom is -0.461 e. The van der Waals surface area contributed by atoms with E-state index in [9.17, 15) is 14.0 Å². The van der Waals surface area contributed by atoms with Crippen LogP contribution in [-0.2, 0) is 19.7 Å². The Balaban J connectivity index is 1.29. The normalized spacial score (nSPS) is 23.4. The molecule has 0 spiro atoms. The summed E-state index contributed by atoms with van der Waals surface area (Å²) in [6, 6.07) is 9.88. The van der Waals surface area contributed by atoms with Gasteiger partial charge in [-0.05, 0) is 61.9 Å². The third-order valence-corrected chi connectivity index (χ3v) is 8.42. The van der Waals surface area contributed by atoms with Gasteiger partial charge < -0.3 is 15.4 Å². The van der Waals surface area contributed by atoms with Crippen molar-refractivity contribution in [3.63, 3.8) is 0 Å². The summed E-state index contributed by atoms with van der Waals surface area (Å²) >= 11 is 1.64. The summed E-state index contributed by atoms with van der Waals surface area (Å²) in [6.45, 7) is 0.680. The van der Waals surface area contributed by atoms with E-state index < -0.39 is 11.2 Å². The Hall–Kier alpha value is -2.69. The Morgan fingerprint density at radius 1 is 1.17 bits per heavy atom. The molecule has 1 aromatic carbocycles. The lowest BCUT2D eigenvalue weighted by atomic mass is 9.69. The van der Waals surface area contributed by atoms with Gasteiger partial charge >= 0.3 is 5.97 Å². The average molecular weight is 497 g/mol. The van der Waals surface area contributed by atoms with E-state index in [1.54, 1.807) is 23.5 Å². The van der Waals surface area contributed by atoms with Gasteiger partial charge in [0, 0.05) is 22.4 Å². The Labute approximate surface area is 210 Å². The molecule has 3 atom stereocenters. The van der Waals surface area contributed by atoms with Gasteiger partial charge in [-0.1, -0.05) is 37.8 Å². The lowest BCUT2D eigenvalue weighted by Crippen LogP contribution is -2.48. The molecular weight excluding hydrogens is 463 g/mol. The van der Waals surface area contributed by atoms with Crippen molar-refractivity contribution in [3.05, 3.63) is 52.5 Å². The van der Waals surface area contributed by atoms with Gasteiger partial charge in [-0.25, -0.2) is 4.39 Å². The fraction of sp³-hybridized carbons (Fsp3) is 0.500. The summed E-state index contributed by atoms with van der Waals surface area (Å²) in [6.07, 6.45) is 13.0. The van der Waals surface area contributed by atoms with Crippen molar-refractivity contribution in [1.29, 1.82) is 0 Å². The molecule has 2 aliphatic rings. The molecule has 0 aliphatic heterocycles. The zero-order chi connectivity index (χ0) is 24.7. The third-order valence-electron chi connectivity index (χ3n) is 7.34. The van der Waals surface area contributed by atoms with Crippen LogP contribution in [0.1, 0.15) is 56.2 Å². The molecule has 0 saturated heterocycles. The number of hydrogen-bond donors (Lipinski definition) is 2. The summed E-state index contributed by atoms with van der Waals surface area (Å²) in [5.41, 5.74) is -0.114. The smallest absolute Gasteiger partial charge is 0.317 e. The summed E-state index contributed by atoms with van der Waals surface area (Å²) in [7, 11) is 0. The van der Waals surface area contributed by atoms with E-state index in [0.29, 0.717) is 25.1 Å². The first-order chi connectivity index (χ1) is 17.0. The van der Waals surface area contributed by atoms with E-state index in [0.717, 1.165) is 43.4 Å². The monoisotopic (exact) mass is 496 g/mol. The van der Waals surface area contributed by atoms with Gasteiger partial charge in [0.05, 0.1) is 6.54 Å². The molecule has 0 radical (unpaired) electrons. The molecule has 2 saturated carbocycles. The quantitative estimate of drug-likeness (QED) is 0.215. The molecule has 1 aromatic heterocycles. The highest BCUT2D eigenvalue weighted by molar-refractivity contribution is 7.10. The third kappa shape index (κ3) is 6.12. The second-order valence-corrected chi connectivity index (χ2v) is 10.6. The molecule has 35 heavy (non-hydrogen) atoms. The SMILES string of the molecule is C#CC1CC(OC(=O)C2(c3cccs3)CCCCCC2)C1CCNCC(=O)Nc1cccc(F)c1. The van der Waals surface area contributed by atoms with Crippen molar-refractivity contribution in [1.82, 2.24) is 5.32 Å². The Bertz CT molecular complexity index is 1040. The Morgan fingerprint density at radius 2 is 1.97 bits per heavy atom.